The third kappa shape index (κ3) is 2.99. The molecule has 0 aliphatic carbocycles. The van der Waals surface area contributed by atoms with Gasteiger partial charge in [-0.1, -0.05) is 12.1 Å². The number of rotatable bonds is 3. The number of aliphatic hydroxyl groups is 1. The van der Waals surface area contributed by atoms with E-state index in [1.54, 1.807) is 0 Å². The summed E-state index contributed by atoms with van der Waals surface area (Å²) in [4.78, 5) is 0. The molecule has 1 N–H and O–H groups in total. The van der Waals surface area contributed by atoms with E-state index in [-0.39, 0.29) is 17.5 Å². The van der Waals surface area contributed by atoms with Crippen LogP contribution in [0.5, 0.6) is 0 Å². The molecule has 0 aromatic heterocycles. The lowest BCUT2D eigenvalue weighted by molar-refractivity contribution is 0.0558. The molecule has 0 saturated heterocycles. The molecule has 0 spiro atoms. The Balaban J connectivity index is 2.37. The van der Waals surface area contributed by atoms with Crippen LogP contribution in [-0.2, 0) is 12.0 Å². The van der Waals surface area contributed by atoms with Crippen LogP contribution in [-0.4, -0.2) is 5.11 Å². The summed E-state index contributed by atoms with van der Waals surface area (Å²) in [7, 11) is 0. The minimum Gasteiger partial charge on any atom is -0.385 e. The van der Waals surface area contributed by atoms with Gasteiger partial charge in [0.05, 0.1) is 5.60 Å². The lowest BCUT2D eigenvalue weighted by Crippen LogP contribution is -2.25. The van der Waals surface area contributed by atoms with Gasteiger partial charge in [-0.15, -0.1) is 0 Å². The molecule has 0 bridgehead atoms. The molecule has 0 heterocycles. The van der Waals surface area contributed by atoms with Crippen molar-refractivity contribution in [3.63, 3.8) is 0 Å². The minimum atomic E-state index is -1.72. The molecule has 5 heteroatoms. The van der Waals surface area contributed by atoms with Crippen LogP contribution in [0.3, 0.4) is 0 Å². The van der Waals surface area contributed by atoms with Gasteiger partial charge >= 0.3 is 0 Å². The van der Waals surface area contributed by atoms with Gasteiger partial charge in [0.15, 0.2) is 11.6 Å². The first-order valence-corrected chi connectivity index (χ1v) is 5.91. The van der Waals surface area contributed by atoms with E-state index in [1.807, 2.05) is 0 Å². The van der Waals surface area contributed by atoms with Gasteiger partial charge in [0.2, 0.25) is 0 Å². The molecule has 20 heavy (non-hydrogen) atoms. The predicted molar refractivity (Wildman–Crippen MR) is 66.0 cm³/mol. The molecule has 0 aliphatic rings. The van der Waals surface area contributed by atoms with E-state index >= 15 is 0 Å². The van der Waals surface area contributed by atoms with Crippen molar-refractivity contribution >= 4 is 0 Å². The fraction of sp³-hybridized carbons (Fsp3) is 0.200. The Morgan fingerprint density at radius 3 is 2.20 bits per heavy atom. The molecular weight excluding hydrogens is 272 g/mol. The molecule has 0 aliphatic heterocycles. The molecule has 0 amide bonds. The van der Waals surface area contributed by atoms with Gasteiger partial charge in [0.25, 0.3) is 0 Å². The molecule has 1 unspecified atom stereocenters. The summed E-state index contributed by atoms with van der Waals surface area (Å²) in [5, 5.41) is 10.3. The second-order valence-corrected chi connectivity index (χ2v) is 4.82. The second-order valence-electron chi connectivity index (χ2n) is 4.82. The molecule has 1 nitrogen and oxygen atoms in total. The van der Waals surface area contributed by atoms with E-state index in [1.165, 1.54) is 19.1 Å². The van der Waals surface area contributed by atoms with Crippen LogP contribution in [0.1, 0.15) is 18.1 Å². The third-order valence-corrected chi connectivity index (χ3v) is 3.05. The van der Waals surface area contributed by atoms with Crippen LogP contribution < -0.4 is 0 Å². The Morgan fingerprint density at radius 1 is 1.00 bits per heavy atom. The lowest BCUT2D eigenvalue weighted by Gasteiger charge is -2.24. The lowest BCUT2D eigenvalue weighted by atomic mass is 9.88. The zero-order valence-electron chi connectivity index (χ0n) is 10.6. The van der Waals surface area contributed by atoms with Gasteiger partial charge in [-0.3, -0.25) is 0 Å². The minimum absolute atomic E-state index is 0.0429. The summed E-state index contributed by atoms with van der Waals surface area (Å²) in [5.74, 6) is -3.81. The second kappa shape index (κ2) is 5.25. The molecule has 0 radical (unpaired) electrons. The predicted octanol–water partition coefficient (Wildman–Crippen LogP) is 3.69. The average Bonchev–Trinajstić information content (AvgIpc) is 2.33. The van der Waals surface area contributed by atoms with E-state index in [9.17, 15) is 22.7 Å². The molecule has 2 aromatic carbocycles. The van der Waals surface area contributed by atoms with Crippen LogP contribution >= 0.6 is 0 Å². The fourth-order valence-corrected chi connectivity index (χ4v) is 2.02. The molecule has 1 atom stereocenters. The van der Waals surface area contributed by atoms with Gasteiger partial charge < -0.3 is 5.11 Å². The van der Waals surface area contributed by atoms with Gasteiger partial charge in [-0.25, -0.2) is 17.6 Å². The van der Waals surface area contributed by atoms with Crippen LogP contribution in [0, 0.1) is 23.3 Å². The highest BCUT2D eigenvalue weighted by atomic mass is 19.2. The summed E-state index contributed by atoms with van der Waals surface area (Å²) < 4.78 is 53.0. The maximum atomic E-state index is 13.6. The maximum Gasteiger partial charge on any atom is 0.162 e. The highest BCUT2D eigenvalue weighted by Gasteiger charge is 2.27. The SMILES string of the molecule is CC(O)(Cc1cccc(F)c1F)c1cc(F)cc(F)c1. The maximum absolute atomic E-state index is 13.6. The van der Waals surface area contributed by atoms with E-state index in [0.29, 0.717) is 6.07 Å². The molecule has 2 rings (SSSR count). The van der Waals surface area contributed by atoms with Crippen LogP contribution in [0.25, 0.3) is 0 Å². The summed E-state index contributed by atoms with van der Waals surface area (Å²) >= 11 is 0. The summed E-state index contributed by atoms with van der Waals surface area (Å²) in [6, 6.07) is 6.15. The zero-order valence-corrected chi connectivity index (χ0v) is 10.6. The highest BCUT2D eigenvalue weighted by Crippen LogP contribution is 2.28. The smallest absolute Gasteiger partial charge is 0.162 e. The van der Waals surface area contributed by atoms with E-state index in [2.05, 4.69) is 0 Å². The van der Waals surface area contributed by atoms with Crippen LogP contribution in [0.15, 0.2) is 36.4 Å². The molecule has 0 saturated carbocycles. The zero-order chi connectivity index (χ0) is 14.9. The average molecular weight is 284 g/mol. The Kier molecular flexibility index (Phi) is 3.81. The largest absolute Gasteiger partial charge is 0.385 e. The molecule has 106 valence electrons. The summed E-state index contributed by atoms with van der Waals surface area (Å²) in [6.07, 6.45) is -0.306. The van der Waals surface area contributed by atoms with Crippen molar-refractivity contribution in [2.75, 3.05) is 0 Å². The van der Waals surface area contributed by atoms with Crippen molar-refractivity contribution in [1.82, 2.24) is 0 Å². The third-order valence-electron chi connectivity index (χ3n) is 3.05. The molecule has 0 fully saturated rings. The van der Waals surface area contributed by atoms with Gasteiger partial charge in [-0.05, 0) is 36.2 Å². The first kappa shape index (κ1) is 14.5. The van der Waals surface area contributed by atoms with Crippen molar-refractivity contribution in [3.8, 4) is 0 Å². The number of halogens is 4. The number of hydrogen-bond donors (Lipinski definition) is 1. The standard InChI is InChI=1S/C15H12F4O/c1-15(20,10-5-11(16)7-12(17)6-10)8-9-3-2-4-13(18)14(9)19/h2-7,20H,8H2,1H3. The van der Waals surface area contributed by atoms with Gasteiger partial charge in [0.1, 0.15) is 11.6 Å². The molecule has 2 aromatic rings. The monoisotopic (exact) mass is 284 g/mol. The van der Waals surface area contributed by atoms with Crippen molar-refractivity contribution < 1.29 is 22.7 Å². The van der Waals surface area contributed by atoms with Gasteiger partial charge in [-0.2, -0.15) is 0 Å². The fourth-order valence-electron chi connectivity index (χ4n) is 2.02. The Morgan fingerprint density at radius 2 is 1.60 bits per heavy atom. The summed E-state index contributed by atoms with van der Waals surface area (Å²) in [5.41, 5.74) is -1.84. The Labute approximate surface area is 113 Å². The van der Waals surface area contributed by atoms with Crippen LogP contribution in [0.4, 0.5) is 17.6 Å². The summed E-state index contributed by atoms with van der Waals surface area (Å²) in [6.45, 7) is 1.28. The Bertz CT molecular complexity index is 618. The van der Waals surface area contributed by atoms with Crippen molar-refractivity contribution in [3.05, 3.63) is 70.8 Å². The van der Waals surface area contributed by atoms with Crippen molar-refractivity contribution in [1.29, 1.82) is 0 Å². The quantitative estimate of drug-likeness (QED) is 0.852. The molecular formula is C15H12F4O. The van der Waals surface area contributed by atoms with Crippen molar-refractivity contribution in [2.24, 2.45) is 0 Å². The van der Waals surface area contributed by atoms with E-state index in [4.69, 9.17) is 0 Å². The first-order valence-electron chi connectivity index (χ1n) is 5.91. The first-order chi connectivity index (χ1) is 9.29. The topological polar surface area (TPSA) is 20.2 Å². The Hall–Kier alpha value is -1.88. The number of benzene rings is 2. The van der Waals surface area contributed by atoms with Crippen molar-refractivity contribution in [2.45, 2.75) is 18.9 Å². The normalized spacial score (nSPS) is 14.1. The van der Waals surface area contributed by atoms with E-state index in [0.717, 1.165) is 18.2 Å². The highest BCUT2D eigenvalue weighted by molar-refractivity contribution is 5.28. The van der Waals surface area contributed by atoms with Crippen LogP contribution in [0.2, 0.25) is 0 Å². The number of hydrogen-bond acceptors (Lipinski definition) is 1. The van der Waals surface area contributed by atoms with E-state index < -0.39 is 28.9 Å². The van der Waals surface area contributed by atoms with Gasteiger partial charge in [0, 0.05) is 12.5 Å².